The van der Waals surface area contributed by atoms with E-state index in [-0.39, 0.29) is 0 Å². The van der Waals surface area contributed by atoms with Crippen molar-refractivity contribution in [2.45, 2.75) is 13.8 Å². The van der Waals surface area contributed by atoms with Crippen molar-refractivity contribution in [3.05, 3.63) is 84.1 Å². The SMILES string of the molecule is COc1ccc(-c2nc(-c3ccccc3)c(C)[n+](C)c2-c2ccc(OC)cc2C)cc1. The lowest BCUT2D eigenvalue weighted by atomic mass is 9.98. The van der Waals surface area contributed by atoms with Gasteiger partial charge in [0.05, 0.1) is 19.8 Å². The first-order valence-corrected chi connectivity index (χ1v) is 10.3. The van der Waals surface area contributed by atoms with E-state index >= 15 is 0 Å². The van der Waals surface area contributed by atoms with Crippen molar-refractivity contribution in [1.29, 1.82) is 0 Å². The molecule has 0 N–H and O–H groups in total. The molecule has 0 amide bonds. The Morgan fingerprint density at radius 1 is 0.710 bits per heavy atom. The molecule has 0 unspecified atom stereocenters. The van der Waals surface area contributed by atoms with Crippen LogP contribution in [0.5, 0.6) is 11.5 Å². The molecule has 0 saturated carbocycles. The summed E-state index contributed by atoms with van der Waals surface area (Å²) in [6.07, 6.45) is 0. The molecule has 4 heteroatoms. The number of nitrogens with zero attached hydrogens (tertiary/aromatic N) is 2. The smallest absolute Gasteiger partial charge is 0.239 e. The van der Waals surface area contributed by atoms with E-state index < -0.39 is 0 Å². The summed E-state index contributed by atoms with van der Waals surface area (Å²) in [4.78, 5) is 5.20. The van der Waals surface area contributed by atoms with E-state index in [1.54, 1.807) is 14.2 Å². The molecule has 3 aromatic carbocycles. The fourth-order valence-corrected chi connectivity index (χ4v) is 3.89. The molecule has 0 atom stereocenters. The Labute approximate surface area is 183 Å². The molecule has 31 heavy (non-hydrogen) atoms. The maximum absolute atomic E-state index is 5.42. The normalized spacial score (nSPS) is 10.7. The number of hydrogen-bond donors (Lipinski definition) is 0. The summed E-state index contributed by atoms with van der Waals surface area (Å²) in [5, 5.41) is 0. The first-order valence-electron chi connectivity index (χ1n) is 10.3. The molecule has 0 aliphatic carbocycles. The number of hydrogen-bond acceptors (Lipinski definition) is 3. The van der Waals surface area contributed by atoms with Crippen LogP contribution in [-0.4, -0.2) is 19.2 Å². The molecule has 1 aromatic heterocycles. The molecule has 0 aliphatic heterocycles. The van der Waals surface area contributed by atoms with Crippen LogP contribution >= 0.6 is 0 Å². The average Bonchev–Trinajstić information content (AvgIpc) is 2.81. The Bertz CT molecular complexity index is 1220. The maximum atomic E-state index is 5.42. The van der Waals surface area contributed by atoms with Gasteiger partial charge in [0.2, 0.25) is 11.4 Å². The van der Waals surface area contributed by atoms with Crippen molar-refractivity contribution in [1.82, 2.24) is 4.98 Å². The first-order chi connectivity index (χ1) is 15.0. The first kappa shape index (κ1) is 20.6. The number of ether oxygens (including phenoxy) is 2. The van der Waals surface area contributed by atoms with Gasteiger partial charge in [0.25, 0.3) is 0 Å². The van der Waals surface area contributed by atoms with E-state index in [4.69, 9.17) is 14.5 Å². The second-order valence-electron chi connectivity index (χ2n) is 7.58. The maximum Gasteiger partial charge on any atom is 0.239 e. The van der Waals surface area contributed by atoms with Gasteiger partial charge in [0.15, 0.2) is 0 Å². The van der Waals surface area contributed by atoms with Crippen LogP contribution in [0.15, 0.2) is 72.8 Å². The van der Waals surface area contributed by atoms with Gasteiger partial charge in [-0.15, -0.1) is 0 Å². The molecule has 1 heterocycles. The molecule has 4 rings (SSSR count). The number of methoxy groups -OCH3 is 2. The Kier molecular flexibility index (Phi) is 5.72. The summed E-state index contributed by atoms with van der Waals surface area (Å²) in [7, 11) is 5.48. The molecule has 4 nitrogen and oxygen atoms in total. The Morgan fingerprint density at radius 3 is 1.94 bits per heavy atom. The van der Waals surface area contributed by atoms with Gasteiger partial charge >= 0.3 is 0 Å². The number of benzene rings is 3. The van der Waals surface area contributed by atoms with Crippen LogP contribution in [0.3, 0.4) is 0 Å². The molecule has 156 valence electrons. The van der Waals surface area contributed by atoms with E-state index in [1.807, 2.05) is 36.4 Å². The summed E-state index contributed by atoms with van der Waals surface area (Å²) < 4.78 is 13.0. The highest BCUT2D eigenvalue weighted by Crippen LogP contribution is 2.34. The number of rotatable bonds is 5. The lowest BCUT2D eigenvalue weighted by molar-refractivity contribution is -0.666. The van der Waals surface area contributed by atoms with Crippen molar-refractivity contribution in [2.24, 2.45) is 7.05 Å². The minimum Gasteiger partial charge on any atom is -0.497 e. The molecule has 0 saturated heterocycles. The Balaban J connectivity index is 2.02. The van der Waals surface area contributed by atoms with Crippen LogP contribution in [0.2, 0.25) is 0 Å². The Hall–Kier alpha value is -3.66. The van der Waals surface area contributed by atoms with Crippen LogP contribution < -0.4 is 14.0 Å². The zero-order valence-electron chi connectivity index (χ0n) is 18.6. The summed E-state index contributed by atoms with van der Waals surface area (Å²) in [6.45, 7) is 4.23. The third-order valence-electron chi connectivity index (χ3n) is 5.73. The van der Waals surface area contributed by atoms with Gasteiger partial charge in [-0.3, -0.25) is 0 Å². The predicted octanol–water partition coefficient (Wildman–Crippen LogP) is 5.54. The van der Waals surface area contributed by atoms with Gasteiger partial charge in [-0.2, -0.15) is 4.57 Å². The van der Waals surface area contributed by atoms with Crippen LogP contribution in [-0.2, 0) is 7.05 Å². The zero-order valence-corrected chi connectivity index (χ0v) is 18.6. The standard InChI is InChI=1S/C27H27N2O2/c1-18-17-23(31-5)15-16-24(18)27-26(21-11-13-22(30-4)14-12-21)28-25(19(2)29(27)3)20-9-7-6-8-10-20/h6-17H,1-5H3/q+1. The zero-order chi connectivity index (χ0) is 22.0. The molecular weight excluding hydrogens is 384 g/mol. The fraction of sp³-hybridized carbons (Fsp3) is 0.185. The lowest BCUT2D eigenvalue weighted by Crippen LogP contribution is -2.37. The molecule has 0 radical (unpaired) electrons. The average molecular weight is 412 g/mol. The van der Waals surface area contributed by atoms with E-state index in [0.717, 1.165) is 56.5 Å². The summed E-state index contributed by atoms with van der Waals surface area (Å²) >= 11 is 0. The van der Waals surface area contributed by atoms with E-state index in [2.05, 4.69) is 61.9 Å². The summed E-state index contributed by atoms with van der Waals surface area (Å²) in [5.74, 6) is 1.67. The Morgan fingerprint density at radius 2 is 1.32 bits per heavy atom. The number of aromatic nitrogens is 2. The molecule has 0 fully saturated rings. The number of aryl methyl sites for hydroxylation is 1. The van der Waals surface area contributed by atoms with Gasteiger partial charge in [-0.1, -0.05) is 30.3 Å². The van der Waals surface area contributed by atoms with Crippen LogP contribution in [0.4, 0.5) is 0 Å². The van der Waals surface area contributed by atoms with Crippen LogP contribution in [0.1, 0.15) is 11.3 Å². The highest BCUT2D eigenvalue weighted by atomic mass is 16.5. The van der Waals surface area contributed by atoms with Crippen molar-refractivity contribution in [2.75, 3.05) is 14.2 Å². The van der Waals surface area contributed by atoms with Gasteiger partial charge in [-0.05, 0) is 55.0 Å². The minimum absolute atomic E-state index is 0.825. The van der Waals surface area contributed by atoms with Crippen molar-refractivity contribution < 1.29 is 14.0 Å². The third-order valence-corrected chi connectivity index (χ3v) is 5.73. The largest absolute Gasteiger partial charge is 0.497 e. The predicted molar refractivity (Wildman–Crippen MR) is 124 cm³/mol. The monoisotopic (exact) mass is 411 g/mol. The van der Waals surface area contributed by atoms with E-state index in [0.29, 0.717) is 0 Å². The van der Waals surface area contributed by atoms with Crippen molar-refractivity contribution in [3.63, 3.8) is 0 Å². The second-order valence-corrected chi connectivity index (χ2v) is 7.58. The van der Waals surface area contributed by atoms with Crippen LogP contribution in [0.25, 0.3) is 33.8 Å². The quantitative estimate of drug-likeness (QED) is 0.405. The highest BCUT2D eigenvalue weighted by molar-refractivity contribution is 5.80. The third kappa shape index (κ3) is 3.89. The molecular formula is C27H27N2O2+. The minimum atomic E-state index is 0.825. The topological polar surface area (TPSA) is 35.2 Å². The van der Waals surface area contributed by atoms with Gasteiger partial charge in [-0.25, -0.2) is 4.98 Å². The van der Waals surface area contributed by atoms with Gasteiger partial charge in [0.1, 0.15) is 29.9 Å². The van der Waals surface area contributed by atoms with E-state index in [9.17, 15) is 0 Å². The molecule has 0 aliphatic rings. The van der Waals surface area contributed by atoms with Gasteiger partial charge < -0.3 is 9.47 Å². The molecule has 4 aromatic rings. The van der Waals surface area contributed by atoms with Crippen molar-refractivity contribution in [3.8, 4) is 45.3 Å². The molecule has 0 spiro atoms. The van der Waals surface area contributed by atoms with Crippen molar-refractivity contribution >= 4 is 0 Å². The summed E-state index contributed by atoms with van der Waals surface area (Å²) in [5.41, 5.74) is 8.49. The van der Waals surface area contributed by atoms with Crippen LogP contribution in [0, 0.1) is 13.8 Å². The fourth-order valence-electron chi connectivity index (χ4n) is 3.89. The highest BCUT2D eigenvalue weighted by Gasteiger charge is 2.26. The van der Waals surface area contributed by atoms with E-state index in [1.165, 1.54) is 0 Å². The lowest BCUT2D eigenvalue weighted by Gasteiger charge is -2.15. The summed E-state index contributed by atoms with van der Waals surface area (Å²) in [6, 6.07) is 24.6. The van der Waals surface area contributed by atoms with Gasteiger partial charge in [0, 0.05) is 18.1 Å². The second kappa shape index (κ2) is 8.60. The molecule has 0 bridgehead atoms.